The second-order valence-electron chi connectivity index (χ2n) is 4.25. The van der Waals surface area contributed by atoms with Crippen LogP contribution in [0.4, 0.5) is 5.69 Å². The molecule has 0 aliphatic heterocycles. The molecule has 0 radical (unpaired) electrons. The quantitative estimate of drug-likeness (QED) is 0.789. The number of aromatic nitrogens is 2. The molecule has 3 aromatic rings. The predicted octanol–water partition coefficient (Wildman–Crippen LogP) is 3.80. The van der Waals surface area contributed by atoms with Crippen LogP contribution in [0.1, 0.15) is 11.6 Å². The summed E-state index contributed by atoms with van der Waals surface area (Å²) in [6.45, 7) is 2.42. The molecule has 0 aliphatic carbocycles. The first-order valence-electron chi connectivity index (χ1n) is 5.93. The Kier molecular flexibility index (Phi) is 3.09. The van der Waals surface area contributed by atoms with Gasteiger partial charge in [-0.1, -0.05) is 17.7 Å². The van der Waals surface area contributed by atoms with Gasteiger partial charge in [-0.3, -0.25) is 0 Å². The molecule has 19 heavy (non-hydrogen) atoms. The lowest BCUT2D eigenvalue weighted by Gasteiger charge is -2.03. The van der Waals surface area contributed by atoms with Crippen molar-refractivity contribution >= 4 is 28.5 Å². The molecule has 2 aromatic heterocycles. The zero-order valence-corrected chi connectivity index (χ0v) is 11.1. The Bertz CT molecular complexity index is 724. The van der Waals surface area contributed by atoms with Crippen LogP contribution in [0.3, 0.4) is 0 Å². The van der Waals surface area contributed by atoms with Gasteiger partial charge in [0.1, 0.15) is 0 Å². The van der Waals surface area contributed by atoms with Crippen LogP contribution >= 0.6 is 11.6 Å². The fraction of sp³-hybridized carbons (Fsp3) is 0.143. The number of nitrogens with zero attached hydrogens (tertiary/aromatic N) is 2. The highest BCUT2D eigenvalue weighted by Crippen LogP contribution is 2.17. The van der Waals surface area contributed by atoms with Crippen LogP contribution in [0.15, 0.2) is 40.8 Å². The van der Waals surface area contributed by atoms with Gasteiger partial charge in [0.25, 0.3) is 0 Å². The lowest BCUT2D eigenvalue weighted by atomic mass is 10.3. The van der Waals surface area contributed by atoms with E-state index in [0.29, 0.717) is 28.7 Å². The van der Waals surface area contributed by atoms with Crippen molar-refractivity contribution in [1.82, 2.24) is 9.97 Å². The van der Waals surface area contributed by atoms with E-state index < -0.39 is 0 Å². The number of aryl methyl sites for hydroxylation is 1. The summed E-state index contributed by atoms with van der Waals surface area (Å²) in [5, 5.41) is 3.90. The predicted molar refractivity (Wildman–Crippen MR) is 75.3 cm³/mol. The lowest BCUT2D eigenvalue weighted by molar-refractivity contribution is 0.540. The van der Waals surface area contributed by atoms with Gasteiger partial charge in [0.15, 0.2) is 11.2 Å². The number of pyridine rings is 1. The molecule has 1 aromatic carbocycles. The summed E-state index contributed by atoms with van der Waals surface area (Å²) in [5.41, 5.74) is 3.20. The number of benzene rings is 1. The largest absolute Gasteiger partial charge is 0.437 e. The number of rotatable bonds is 3. The molecule has 0 saturated carbocycles. The number of hydrogen-bond donors (Lipinski definition) is 1. The summed E-state index contributed by atoms with van der Waals surface area (Å²) in [7, 11) is 0. The van der Waals surface area contributed by atoms with E-state index in [2.05, 4.69) is 15.3 Å². The maximum Gasteiger partial charge on any atom is 0.216 e. The number of fused-ring (bicyclic) bond motifs is 1. The molecule has 5 heteroatoms. The van der Waals surface area contributed by atoms with Crippen LogP contribution in [0.2, 0.25) is 5.02 Å². The van der Waals surface area contributed by atoms with Crippen molar-refractivity contribution in [3.63, 3.8) is 0 Å². The number of anilines is 1. The Hall–Kier alpha value is -2.07. The molecule has 3 rings (SSSR count). The van der Waals surface area contributed by atoms with Crippen molar-refractivity contribution in [1.29, 1.82) is 0 Å². The first-order valence-corrected chi connectivity index (χ1v) is 6.31. The normalized spacial score (nSPS) is 10.8. The van der Waals surface area contributed by atoms with Crippen LogP contribution in [-0.2, 0) is 6.54 Å². The van der Waals surface area contributed by atoms with Gasteiger partial charge in [-0.2, -0.15) is 4.98 Å². The van der Waals surface area contributed by atoms with Crippen molar-refractivity contribution in [3.8, 4) is 0 Å². The maximum absolute atomic E-state index is 5.92. The van der Waals surface area contributed by atoms with E-state index in [0.717, 1.165) is 11.4 Å². The van der Waals surface area contributed by atoms with Crippen molar-refractivity contribution in [2.45, 2.75) is 13.5 Å². The van der Waals surface area contributed by atoms with E-state index in [1.165, 1.54) is 0 Å². The maximum atomic E-state index is 5.92. The molecule has 0 unspecified atom stereocenters. The van der Waals surface area contributed by atoms with Gasteiger partial charge >= 0.3 is 0 Å². The first-order chi connectivity index (χ1) is 9.20. The van der Waals surface area contributed by atoms with Crippen molar-refractivity contribution in [2.75, 3.05) is 5.32 Å². The molecule has 1 N–H and O–H groups in total. The number of hydrogen-bond acceptors (Lipinski definition) is 4. The Morgan fingerprint density at radius 2 is 2.11 bits per heavy atom. The minimum Gasteiger partial charge on any atom is -0.437 e. The minimum atomic E-state index is 0.496. The van der Waals surface area contributed by atoms with Crippen molar-refractivity contribution < 1.29 is 4.42 Å². The molecular formula is C14H12ClN3O. The molecule has 2 heterocycles. The summed E-state index contributed by atoms with van der Waals surface area (Å²) in [6, 6.07) is 11.3. The Labute approximate surface area is 115 Å². The Morgan fingerprint density at radius 1 is 1.21 bits per heavy atom. The molecule has 0 bridgehead atoms. The zero-order chi connectivity index (χ0) is 13.2. The molecule has 0 aliphatic rings. The molecule has 4 nitrogen and oxygen atoms in total. The van der Waals surface area contributed by atoms with Gasteiger partial charge < -0.3 is 9.73 Å². The Morgan fingerprint density at radius 3 is 2.95 bits per heavy atom. The van der Waals surface area contributed by atoms with Gasteiger partial charge in [-0.05, 0) is 37.3 Å². The van der Waals surface area contributed by atoms with Crippen molar-refractivity contribution in [3.05, 3.63) is 53.0 Å². The molecule has 0 fully saturated rings. The van der Waals surface area contributed by atoms with Gasteiger partial charge in [-0.15, -0.1) is 0 Å². The smallest absolute Gasteiger partial charge is 0.216 e. The second-order valence-corrected chi connectivity index (χ2v) is 4.68. The van der Waals surface area contributed by atoms with Crippen LogP contribution in [0, 0.1) is 6.92 Å². The highest BCUT2D eigenvalue weighted by atomic mass is 35.5. The number of oxazole rings is 1. The van der Waals surface area contributed by atoms with E-state index in [1.54, 1.807) is 0 Å². The monoisotopic (exact) mass is 273 g/mol. The molecule has 0 atom stereocenters. The summed E-state index contributed by atoms with van der Waals surface area (Å²) < 4.78 is 5.61. The third-order valence-electron chi connectivity index (χ3n) is 2.71. The molecule has 96 valence electrons. The second kappa shape index (κ2) is 4.90. The SMILES string of the molecule is Cc1ccc2oc(CNc3cccc(Cl)c3)nc2n1. The van der Waals surface area contributed by atoms with E-state index in [-0.39, 0.29) is 0 Å². The van der Waals surface area contributed by atoms with Crippen LogP contribution in [-0.4, -0.2) is 9.97 Å². The summed E-state index contributed by atoms with van der Waals surface area (Å²) >= 11 is 5.92. The average Bonchev–Trinajstić information content (AvgIpc) is 2.78. The van der Waals surface area contributed by atoms with Gasteiger partial charge in [0, 0.05) is 16.4 Å². The third kappa shape index (κ3) is 2.69. The first kappa shape index (κ1) is 12.0. The fourth-order valence-corrected chi connectivity index (χ4v) is 2.00. The van der Waals surface area contributed by atoms with Crippen molar-refractivity contribution in [2.24, 2.45) is 0 Å². The van der Waals surface area contributed by atoms with Gasteiger partial charge in [0.05, 0.1) is 6.54 Å². The highest BCUT2D eigenvalue weighted by Gasteiger charge is 2.06. The third-order valence-corrected chi connectivity index (χ3v) is 2.94. The highest BCUT2D eigenvalue weighted by molar-refractivity contribution is 6.30. The minimum absolute atomic E-state index is 0.496. The topological polar surface area (TPSA) is 51.0 Å². The standard InChI is InChI=1S/C14H12ClN3O/c1-9-5-6-12-14(17-9)18-13(19-12)8-16-11-4-2-3-10(15)7-11/h2-7,16H,8H2,1H3. The van der Waals surface area contributed by atoms with Gasteiger partial charge in [-0.25, -0.2) is 4.98 Å². The molecule has 0 amide bonds. The summed E-state index contributed by atoms with van der Waals surface area (Å²) in [4.78, 5) is 8.65. The molecule has 0 saturated heterocycles. The zero-order valence-electron chi connectivity index (χ0n) is 10.4. The van der Waals surface area contributed by atoms with E-state index in [1.807, 2.05) is 43.3 Å². The van der Waals surface area contributed by atoms with E-state index in [4.69, 9.17) is 16.0 Å². The Balaban J connectivity index is 1.78. The average molecular weight is 274 g/mol. The number of nitrogens with one attached hydrogen (secondary N) is 1. The number of halogens is 1. The van der Waals surface area contributed by atoms with E-state index >= 15 is 0 Å². The fourth-order valence-electron chi connectivity index (χ4n) is 1.81. The van der Waals surface area contributed by atoms with Crippen LogP contribution in [0.25, 0.3) is 11.2 Å². The van der Waals surface area contributed by atoms with Gasteiger partial charge in [0.2, 0.25) is 5.89 Å². The van der Waals surface area contributed by atoms with Crippen LogP contribution < -0.4 is 5.32 Å². The van der Waals surface area contributed by atoms with E-state index in [9.17, 15) is 0 Å². The summed E-state index contributed by atoms with van der Waals surface area (Å²) in [5.74, 6) is 0.605. The molecule has 0 spiro atoms. The lowest BCUT2D eigenvalue weighted by Crippen LogP contribution is -1.99. The molecular weight excluding hydrogens is 262 g/mol. The van der Waals surface area contributed by atoms with Crippen LogP contribution in [0.5, 0.6) is 0 Å². The summed E-state index contributed by atoms with van der Waals surface area (Å²) in [6.07, 6.45) is 0.